The lowest BCUT2D eigenvalue weighted by Gasteiger charge is -1.87. The SMILES string of the molecule is Cc1cccc2c1=CC[N+]=2C. The zero-order valence-electron chi connectivity index (χ0n) is 6.96. The van der Waals surface area contributed by atoms with Crippen LogP contribution in [0.25, 0.3) is 6.08 Å². The standard InChI is InChI=1S/C10H12N/c1-8-4-3-5-10-9(8)6-7-11(10)2/h3-6H,7H2,1-2H3/q+1. The van der Waals surface area contributed by atoms with Crippen molar-refractivity contribution in [3.05, 3.63) is 34.3 Å². The molecule has 0 bridgehead atoms. The van der Waals surface area contributed by atoms with E-state index < -0.39 is 0 Å². The van der Waals surface area contributed by atoms with Gasteiger partial charge in [0.2, 0.25) is 5.36 Å². The third kappa shape index (κ3) is 0.881. The van der Waals surface area contributed by atoms with E-state index in [2.05, 4.69) is 42.8 Å². The van der Waals surface area contributed by atoms with Crippen LogP contribution in [-0.2, 0) is 0 Å². The van der Waals surface area contributed by atoms with Gasteiger partial charge in [0.25, 0.3) is 0 Å². The van der Waals surface area contributed by atoms with Gasteiger partial charge in [0.05, 0.1) is 5.22 Å². The largest absolute Gasteiger partial charge is 0.228 e. The number of fused-ring (bicyclic) bond motifs is 1. The van der Waals surface area contributed by atoms with Gasteiger partial charge in [-0.15, -0.1) is 0 Å². The third-order valence-corrected chi connectivity index (χ3v) is 2.28. The van der Waals surface area contributed by atoms with Gasteiger partial charge in [0, 0.05) is 6.07 Å². The first-order valence-corrected chi connectivity index (χ1v) is 3.93. The summed E-state index contributed by atoms with van der Waals surface area (Å²) in [4.78, 5) is 0. The Kier molecular flexibility index (Phi) is 1.31. The first kappa shape index (κ1) is 6.59. The molecule has 1 aromatic carbocycles. The summed E-state index contributed by atoms with van der Waals surface area (Å²) in [5, 5.41) is 2.78. The smallest absolute Gasteiger partial charge is 0.207 e. The first-order chi connectivity index (χ1) is 5.29. The predicted octanol–water partition coefficient (Wildman–Crippen LogP) is -0.0900. The summed E-state index contributed by atoms with van der Waals surface area (Å²) in [5.74, 6) is 0. The molecule has 0 aliphatic carbocycles. The normalized spacial score (nSPS) is 14.5. The van der Waals surface area contributed by atoms with Gasteiger partial charge in [-0.3, -0.25) is 0 Å². The highest BCUT2D eigenvalue weighted by molar-refractivity contribution is 5.33. The van der Waals surface area contributed by atoms with Crippen LogP contribution in [0.5, 0.6) is 0 Å². The molecular formula is C10H12N+. The van der Waals surface area contributed by atoms with Gasteiger partial charge in [0.1, 0.15) is 7.05 Å². The fraction of sp³-hybridized carbons (Fsp3) is 0.300. The molecule has 2 rings (SSSR count). The number of nitrogens with zero attached hydrogens (tertiary/aromatic N) is 1. The lowest BCUT2D eigenvalue weighted by atomic mass is 10.2. The quantitative estimate of drug-likeness (QED) is 0.450. The number of hydrogen-bond donors (Lipinski definition) is 0. The number of hydrogen-bond acceptors (Lipinski definition) is 0. The van der Waals surface area contributed by atoms with Crippen molar-refractivity contribution in [2.24, 2.45) is 0 Å². The highest BCUT2D eigenvalue weighted by Crippen LogP contribution is 1.86. The van der Waals surface area contributed by atoms with Crippen LogP contribution in [0.1, 0.15) is 5.56 Å². The molecule has 0 amide bonds. The average Bonchev–Trinajstić information content (AvgIpc) is 2.35. The zero-order valence-corrected chi connectivity index (χ0v) is 6.96. The summed E-state index contributed by atoms with van der Waals surface area (Å²) >= 11 is 0. The fourth-order valence-corrected chi connectivity index (χ4v) is 1.59. The van der Waals surface area contributed by atoms with Gasteiger partial charge in [-0.25, -0.2) is 4.58 Å². The Morgan fingerprint density at radius 1 is 1.36 bits per heavy atom. The zero-order chi connectivity index (χ0) is 7.84. The highest BCUT2D eigenvalue weighted by atomic mass is 15.0. The molecule has 1 nitrogen and oxygen atoms in total. The van der Waals surface area contributed by atoms with E-state index in [1.807, 2.05) is 0 Å². The first-order valence-electron chi connectivity index (χ1n) is 3.93. The van der Waals surface area contributed by atoms with Crippen LogP contribution in [0.4, 0.5) is 0 Å². The van der Waals surface area contributed by atoms with Crippen LogP contribution in [0.3, 0.4) is 0 Å². The van der Waals surface area contributed by atoms with E-state index in [1.165, 1.54) is 16.1 Å². The number of rotatable bonds is 0. The molecule has 1 aromatic rings. The van der Waals surface area contributed by atoms with E-state index in [0.29, 0.717) is 0 Å². The van der Waals surface area contributed by atoms with Crippen molar-refractivity contribution in [3.63, 3.8) is 0 Å². The lowest BCUT2D eigenvalue weighted by Crippen LogP contribution is -2.32. The maximum Gasteiger partial charge on any atom is 0.207 e. The molecule has 1 heterocycles. The summed E-state index contributed by atoms with van der Waals surface area (Å²) in [6.07, 6.45) is 2.28. The van der Waals surface area contributed by atoms with Crippen molar-refractivity contribution in [1.82, 2.24) is 4.58 Å². The van der Waals surface area contributed by atoms with Gasteiger partial charge in [-0.05, 0) is 18.6 Å². The van der Waals surface area contributed by atoms with E-state index in [4.69, 9.17) is 0 Å². The van der Waals surface area contributed by atoms with Crippen LogP contribution in [0, 0.1) is 6.92 Å². The predicted molar refractivity (Wildman–Crippen MR) is 46.9 cm³/mol. The molecule has 0 radical (unpaired) electrons. The molecule has 0 saturated carbocycles. The van der Waals surface area contributed by atoms with E-state index >= 15 is 0 Å². The Morgan fingerprint density at radius 2 is 2.18 bits per heavy atom. The van der Waals surface area contributed by atoms with E-state index in [9.17, 15) is 0 Å². The maximum absolute atomic E-state index is 2.28. The molecule has 0 fully saturated rings. The minimum atomic E-state index is 1.06. The molecule has 0 N–H and O–H groups in total. The van der Waals surface area contributed by atoms with E-state index in [1.54, 1.807) is 0 Å². The van der Waals surface area contributed by atoms with Gasteiger partial charge in [-0.1, -0.05) is 12.1 Å². The molecule has 56 valence electrons. The molecule has 0 aromatic heterocycles. The average molecular weight is 146 g/mol. The monoisotopic (exact) mass is 146 g/mol. The van der Waals surface area contributed by atoms with E-state index in [-0.39, 0.29) is 0 Å². The van der Waals surface area contributed by atoms with Crippen molar-refractivity contribution in [3.8, 4) is 0 Å². The van der Waals surface area contributed by atoms with Gasteiger partial charge < -0.3 is 0 Å². The highest BCUT2D eigenvalue weighted by Gasteiger charge is 2.06. The Balaban J connectivity index is 2.98. The Hall–Kier alpha value is -1.11. The molecule has 11 heavy (non-hydrogen) atoms. The van der Waals surface area contributed by atoms with Gasteiger partial charge in [-0.2, -0.15) is 0 Å². The van der Waals surface area contributed by atoms with Crippen molar-refractivity contribution < 1.29 is 0 Å². The number of aryl methyl sites for hydroxylation is 1. The second-order valence-electron chi connectivity index (χ2n) is 3.09. The molecule has 1 aliphatic heterocycles. The van der Waals surface area contributed by atoms with Crippen molar-refractivity contribution in [1.29, 1.82) is 0 Å². The molecule has 1 aliphatic rings. The Morgan fingerprint density at radius 3 is 2.91 bits per heavy atom. The number of benzene rings is 1. The van der Waals surface area contributed by atoms with Crippen molar-refractivity contribution in [2.75, 3.05) is 13.6 Å². The maximum atomic E-state index is 2.28. The minimum absolute atomic E-state index is 1.06. The van der Waals surface area contributed by atoms with Gasteiger partial charge >= 0.3 is 0 Å². The van der Waals surface area contributed by atoms with Crippen molar-refractivity contribution in [2.45, 2.75) is 6.92 Å². The summed E-state index contributed by atoms with van der Waals surface area (Å²) in [6, 6.07) is 6.45. The molecule has 1 heteroatoms. The van der Waals surface area contributed by atoms with Crippen LogP contribution < -0.4 is 15.2 Å². The summed E-state index contributed by atoms with van der Waals surface area (Å²) in [5.41, 5.74) is 1.38. The van der Waals surface area contributed by atoms with Gasteiger partial charge in [0.15, 0.2) is 6.54 Å². The second-order valence-corrected chi connectivity index (χ2v) is 3.09. The Labute approximate surface area is 66.3 Å². The van der Waals surface area contributed by atoms with Crippen LogP contribution >= 0.6 is 0 Å². The Bertz CT molecular complexity index is 401. The lowest BCUT2D eigenvalue weighted by molar-refractivity contribution is 0.778. The van der Waals surface area contributed by atoms with Crippen LogP contribution in [0.15, 0.2) is 18.2 Å². The van der Waals surface area contributed by atoms with Crippen LogP contribution in [0.2, 0.25) is 0 Å². The fourth-order valence-electron chi connectivity index (χ4n) is 1.59. The topological polar surface area (TPSA) is 3.01 Å². The van der Waals surface area contributed by atoms with E-state index in [0.717, 1.165) is 6.54 Å². The molecular weight excluding hydrogens is 134 g/mol. The third-order valence-electron chi connectivity index (χ3n) is 2.28. The second kappa shape index (κ2) is 2.19. The minimum Gasteiger partial charge on any atom is -0.228 e. The van der Waals surface area contributed by atoms with Crippen molar-refractivity contribution >= 4 is 6.08 Å². The van der Waals surface area contributed by atoms with Crippen LogP contribution in [-0.4, -0.2) is 13.6 Å². The summed E-state index contributed by atoms with van der Waals surface area (Å²) < 4.78 is 2.27. The summed E-state index contributed by atoms with van der Waals surface area (Å²) in [7, 11) is 2.13. The molecule has 0 saturated heterocycles. The molecule has 0 spiro atoms. The molecule has 0 atom stereocenters. The summed E-state index contributed by atoms with van der Waals surface area (Å²) in [6.45, 7) is 3.22. The molecule has 0 unspecified atom stereocenters.